The molecule has 1 amide bonds. The number of nitrogens with two attached hydrogens (primary N) is 1. The molecule has 3 N–H and O–H groups in total. The number of primary amides is 1. The fourth-order valence-electron chi connectivity index (χ4n) is 3.72. The molecule has 170 valence electrons. The minimum absolute atomic E-state index is 0. The Kier molecular flexibility index (Phi) is 10.6. The summed E-state index contributed by atoms with van der Waals surface area (Å²) in [6.07, 6.45) is 2.94. The van der Waals surface area contributed by atoms with Crippen LogP contribution in [0.3, 0.4) is 0 Å². The molecule has 1 aromatic carbocycles. The van der Waals surface area contributed by atoms with Crippen molar-refractivity contribution < 1.29 is 13.2 Å². The van der Waals surface area contributed by atoms with Crippen molar-refractivity contribution in [2.24, 2.45) is 16.6 Å². The van der Waals surface area contributed by atoms with E-state index in [-0.39, 0.29) is 47.6 Å². The number of hydrogen-bond donors (Lipinski definition) is 2. The van der Waals surface area contributed by atoms with E-state index in [0.29, 0.717) is 30.2 Å². The second-order valence-electron chi connectivity index (χ2n) is 7.95. The molecule has 0 radical (unpaired) electrons. The minimum atomic E-state index is -3.42. The maximum atomic E-state index is 12.9. The van der Waals surface area contributed by atoms with Crippen molar-refractivity contribution in [1.82, 2.24) is 10.2 Å². The number of guanidine groups is 1. The summed E-state index contributed by atoms with van der Waals surface area (Å²) >= 11 is 0. The highest BCUT2D eigenvalue weighted by atomic mass is 127. The average Bonchev–Trinajstić information content (AvgIpc) is 2.66. The van der Waals surface area contributed by atoms with Crippen LogP contribution in [-0.4, -0.2) is 57.1 Å². The van der Waals surface area contributed by atoms with E-state index in [1.165, 1.54) is 0 Å². The van der Waals surface area contributed by atoms with Crippen molar-refractivity contribution in [3.05, 3.63) is 29.3 Å². The molecule has 1 saturated heterocycles. The molecule has 1 fully saturated rings. The van der Waals surface area contributed by atoms with E-state index in [4.69, 9.17) is 5.73 Å². The molecule has 0 bridgehead atoms. The van der Waals surface area contributed by atoms with E-state index in [1.54, 1.807) is 19.2 Å². The van der Waals surface area contributed by atoms with Gasteiger partial charge in [-0.3, -0.25) is 9.79 Å². The van der Waals surface area contributed by atoms with Gasteiger partial charge in [-0.15, -0.1) is 24.0 Å². The highest BCUT2D eigenvalue weighted by Gasteiger charge is 2.26. The fraction of sp³-hybridized carbons (Fsp3) is 0.619. The van der Waals surface area contributed by atoms with E-state index in [0.717, 1.165) is 30.5 Å². The lowest BCUT2D eigenvalue weighted by atomic mass is 9.95. The van der Waals surface area contributed by atoms with Gasteiger partial charge in [-0.1, -0.05) is 13.0 Å². The molecule has 0 aromatic heterocycles. The van der Waals surface area contributed by atoms with Gasteiger partial charge in [0.15, 0.2) is 15.8 Å². The molecule has 30 heavy (non-hydrogen) atoms. The van der Waals surface area contributed by atoms with Crippen LogP contribution in [0.15, 0.2) is 28.1 Å². The van der Waals surface area contributed by atoms with E-state index in [9.17, 15) is 13.2 Å². The monoisotopic (exact) mass is 550 g/mol. The number of likely N-dealkylation sites (tertiary alicyclic amines) is 1. The number of carbonyl (C=O) groups is 1. The molecule has 2 atom stereocenters. The first-order valence-corrected chi connectivity index (χ1v) is 11.9. The van der Waals surface area contributed by atoms with Gasteiger partial charge in [-0.05, 0) is 62.3 Å². The first kappa shape index (κ1) is 26.7. The van der Waals surface area contributed by atoms with Crippen LogP contribution in [0, 0.1) is 19.8 Å². The number of sulfone groups is 1. The molecule has 1 aromatic rings. The second kappa shape index (κ2) is 11.9. The first-order chi connectivity index (χ1) is 13.7. The molecule has 1 aliphatic rings. The predicted octanol–water partition coefficient (Wildman–Crippen LogP) is 2.64. The zero-order valence-electron chi connectivity index (χ0n) is 18.3. The van der Waals surface area contributed by atoms with Crippen LogP contribution in [0.2, 0.25) is 0 Å². The number of carbonyl (C=O) groups excluding carboxylic acids is 1. The van der Waals surface area contributed by atoms with Crippen molar-refractivity contribution in [2.45, 2.75) is 57.4 Å². The molecule has 2 unspecified atom stereocenters. The van der Waals surface area contributed by atoms with Crippen LogP contribution < -0.4 is 11.1 Å². The Morgan fingerprint density at radius 3 is 2.60 bits per heavy atom. The third kappa shape index (κ3) is 7.40. The number of hydrogen-bond acceptors (Lipinski definition) is 4. The summed E-state index contributed by atoms with van der Waals surface area (Å²) in [6, 6.07) is 5.02. The average molecular weight is 551 g/mol. The number of nitrogens with one attached hydrogen (secondary N) is 1. The van der Waals surface area contributed by atoms with Crippen LogP contribution in [-0.2, 0) is 14.6 Å². The largest absolute Gasteiger partial charge is 0.370 e. The Bertz CT molecular complexity index is 858. The lowest BCUT2D eigenvalue weighted by molar-refractivity contribution is -0.119. The number of aliphatic imine (C=N–C) groups is 1. The summed E-state index contributed by atoms with van der Waals surface area (Å²) in [6.45, 7) is 7.38. The molecule has 0 aliphatic carbocycles. The van der Waals surface area contributed by atoms with Crippen molar-refractivity contribution in [3.63, 3.8) is 0 Å². The van der Waals surface area contributed by atoms with Gasteiger partial charge in [0, 0.05) is 32.6 Å². The summed E-state index contributed by atoms with van der Waals surface area (Å²) in [5, 5.41) is 3.33. The Hall–Kier alpha value is -1.36. The summed E-state index contributed by atoms with van der Waals surface area (Å²) in [5.41, 5.74) is 7.40. The zero-order chi connectivity index (χ0) is 21.6. The number of piperidine rings is 1. The van der Waals surface area contributed by atoms with Crippen LogP contribution in [0.4, 0.5) is 0 Å². The van der Waals surface area contributed by atoms with Gasteiger partial charge in [0.25, 0.3) is 0 Å². The quantitative estimate of drug-likeness (QED) is 0.309. The molecular formula is C21H35IN4O3S. The van der Waals surface area contributed by atoms with Crippen molar-refractivity contribution >= 4 is 45.7 Å². The van der Waals surface area contributed by atoms with Crippen molar-refractivity contribution in [3.8, 4) is 0 Å². The lowest BCUT2D eigenvalue weighted by Gasteiger charge is -2.36. The Balaban J connectivity index is 0.00000450. The normalized spacial score (nSPS) is 18.5. The molecule has 1 aliphatic heterocycles. The third-order valence-electron chi connectivity index (χ3n) is 5.60. The van der Waals surface area contributed by atoms with Gasteiger partial charge in [0.2, 0.25) is 5.91 Å². The van der Waals surface area contributed by atoms with Crippen LogP contribution >= 0.6 is 24.0 Å². The topological polar surface area (TPSA) is 105 Å². The summed E-state index contributed by atoms with van der Waals surface area (Å²) in [4.78, 5) is 18.1. The number of rotatable bonds is 7. The second-order valence-corrected chi connectivity index (χ2v) is 9.98. The van der Waals surface area contributed by atoms with E-state index >= 15 is 0 Å². The smallest absolute Gasteiger partial charge is 0.217 e. The summed E-state index contributed by atoms with van der Waals surface area (Å²) in [7, 11) is -1.72. The fourth-order valence-corrected chi connectivity index (χ4v) is 5.39. The lowest BCUT2D eigenvalue weighted by Crippen LogP contribution is -2.51. The maximum absolute atomic E-state index is 12.9. The van der Waals surface area contributed by atoms with Gasteiger partial charge in [-0.25, -0.2) is 8.42 Å². The Morgan fingerprint density at radius 2 is 2.03 bits per heavy atom. The molecule has 0 saturated carbocycles. The first-order valence-electron chi connectivity index (χ1n) is 10.2. The molecular weight excluding hydrogens is 515 g/mol. The van der Waals surface area contributed by atoms with Crippen molar-refractivity contribution in [1.29, 1.82) is 0 Å². The summed E-state index contributed by atoms with van der Waals surface area (Å²) in [5.74, 6) is 0.606. The SMILES string of the molecule is CCC(CS(=O)(=O)c1ccc(C)c(C)c1)NC(=NC)N1CCCC(CC(N)=O)C1.I. The molecule has 1 heterocycles. The summed E-state index contributed by atoms with van der Waals surface area (Å²) < 4.78 is 25.9. The van der Waals surface area contributed by atoms with Gasteiger partial charge < -0.3 is 16.0 Å². The third-order valence-corrected chi connectivity index (χ3v) is 7.42. The van der Waals surface area contributed by atoms with Gasteiger partial charge >= 0.3 is 0 Å². The molecule has 7 nitrogen and oxygen atoms in total. The minimum Gasteiger partial charge on any atom is -0.370 e. The number of amides is 1. The molecule has 2 rings (SSSR count). The highest BCUT2D eigenvalue weighted by Crippen LogP contribution is 2.20. The molecule has 9 heteroatoms. The van der Waals surface area contributed by atoms with Crippen molar-refractivity contribution in [2.75, 3.05) is 25.9 Å². The Labute approximate surface area is 197 Å². The Morgan fingerprint density at radius 1 is 1.33 bits per heavy atom. The predicted molar refractivity (Wildman–Crippen MR) is 132 cm³/mol. The van der Waals surface area contributed by atoms with E-state index in [2.05, 4.69) is 15.2 Å². The van der Waals surface area contributed by atoms with Gasteiger partial charge in [0.1, 0.15) is 0 Å². The molecule has 0 spiro atoms. The zero-order valence-corrected chi connectivity index (χ0v) is 21.5. The number of nitrogens with zero attached hydrogens (tertiary/aromatic N) is 2. The number of aryl methyl sites for hydroxylation is 2. The maximum Gasteiger partial charge on any atom is 0.217 e. The van der Waals surface area contributed by atoms with E-state index in [1.807, 2.05) is 26.8 Å². The van der Waals surface area contributed by atoms with Crippen LogP contribution in [0.5, 0.6) is 0 Å². The standard InChI is InChI=1S/C21H34N4O3S.HI/c1-5-18(14-29(27,28)19-9-8-15(2)16(3)11-19)24-21(23-4)25-10-6-7-17(13-25)12-20(22)26;/h8-9,11,17-18H,5-7,10,12-14H2,1-4H3,(H2,22,26)(H,23,24);1H. The number of halogens is 1. The van der Waals surface area contributed by atoms with Gasteiger partial charge in [-0.2, -0.15) is 0 Å². The van der Waals surface area contributed by atoms with Crippen LogP contribution in [0.25, 0.3) is 0 Å². The van der Waals surface area contributed by atoms with Gasteiger partial charge in [0.05, 0.1) is 10.6 Å². The highest BCUT2D eigenvalue weighted by molar-refractivity contribution is 14.0. The number of benzene rings is 1. The van der Waals surface area contributed by atoms with E-state index < -0.39 is 9.84 Å². The van der Waals surface area contributed by atoms with Crippen LogP contribution in [0.1, 0.15) is 43.7 Å².